The Hall–Kier alpha value is -0.760. The van der Waals surface area contributed by atoms with E-state index in [4.69, 9.17) is 10.2 Å². The molecule has 4 aliphatic rings. The lowest BCUT2D eigenvalue weighted by atomic mass is 9.50. The highest BCUT2D eigenvalue weighted by Crippen LogP contribution is 2.59. The van der Waals surface area contributed by atoms with Crippen molar-refractivity contribution in [3.8, 4) is 0 Å². The fraction of sp³-hybridized carbons (Fsp3) is 0.750. The smallest absolute Gasteiger partial charge is 0.105 e. The van der Waals surface area contributed by atoms with E-state index in [0.29, 0.717) is 5.92 Å². The minimum Gasteiger partial charge on any atom is -0.469 e. The fourth-order valence-corrected chi connectivity index (χ4v) is 5.50. The van der Waals surface area contributed by atoms with Crippen molar-refractivity contribution in [2.75, 3.05) is 0 Å². The molecule has 2 nitrogen and oxygen atoms in total. The van der Waals surface area contributed by atoms with Crippen LogP contribution in [0.1, 0.15) is 49.5 Å². The van der Waals surface area contributed by atoms with Crippen molar-refractivity contribution >= 4 is 0 Å². The highest BCUT2D eigenvalue weighted by molar-refractivity contribution is 5.22. The van der Waals surface area contributed by atoms with Gasteiger partial charge in [-0.3, -0.25) is 0 Å². The summed E-state index contributed by atoms with van der Waals surface area (Å²) < 4.78 is 5.45. The molecule has 2 heteroatoms. The van der Waals surface area contributed by atoms with Crippen LogP contribution < -0.4 is 5.73 Å². The zero-order valence-corrected chi connectivity index (χ0v) is 11.1. The summed E-state index contributed by atoms with van der Waals surface area (Å²) in [6.07, 6.45) is 9.09. The van der Waals surface area contributed by atoms with E-state index in [0.717, 1.165) is 29.4 Å². The van der Waals surface area contributed by atoms with E-state index in [9.17, 15) is 0 Å². The lowest BCUT2D eigenvalue weighted by Gasteiger charge is -2.56. The maximum Gasteiger partial charge on any atom is 0.105 e. The van der Waals surface area contributed by atoms with Gasteiger partial charge in [-0.15, -0.1) is 0 Å². The first-order chi connectivity index (χ1) is 8.72. The molecule has 0 radical (unpaired) electrons. The number of hydrogen-bond donors (Lipinski definition) is 1. The van der Waals surface area contributed by atoms with E-state index in [2.05, 4.69) is 6.07 Å². The average Bonchev–Trinajstić information content (AvgIpc) is 2.73. The standard InChI is InChI=1S/C16H23NO/c1-9-14(2-3-18-9)16(17)15-12-5-10-4-11(7-12)8-13(15)6-10/h2-3,10-13,15-16H,4-8,17H2,1H3. The number of furan rings is 1. The van der Waals surface area contributed by atoms with Crippen LogP contribution in [0.4, 0.5) is 0 Å². The molecule has 4 aliphatic carbocycles. The molecule has 1 aromatic heterocycles. The summed E-state index contributed by atoms with van der Waals surface area (Å²) in [6, 6.07) is 2.30. The molecule has 1 atom stereocenters. The van der Waals surface area contributed by atoms with Crippen LogP contribution in [0.3, 0.4) is 0 Å². The zero-order chi connectivity index (χ0) is 12.3. The lowest BCUT2D eigenvalue weighted by molar-refractivity contribution is -0.0473. The van der Waals surface area contributed by atoms with Crippen LogP contribution in [0.5, 0.6) is 0 Å². The third-order valence-corrected chi connectivity index (χ3v) is 5.97. The summed E-state index contributed by atoms with van der Waals surface area (Å²) >= 11 is 0. The van der Waals surface area contributed by atoms with E-state index in [-0.39, 0.29) is 6.04 Å². The van der Waals surface area contributed by atoms with Crippen molar-refractivity contribution in [2.45, 2.75) is 45.1 Å². The van der Waals surface area contributed by atoms with Crippen molar-refractivity contribution < 1.29 is 4.42 Å². The van der Waals surface area contributed by atoms with Gasteiger partial charge in [-0.2, -0.15) is 0 Å². The predicted molar refractivity (Wildman–Crippen MR) is 70.9 cm³/mol. The largest absolute Gasteiger partial charge is 0.469 e. The minimum atomic E-state index is 0.207. The zero-order valence-electron chi connectivity index (χ0n) is 11.1. The van der Waals surface area contributed by atoms with Gasteiger partial charge in [0, 0.05) is 11.6 Å². The molecule has 0 aliphatic heterocycles. The first-order valence-corrected chi connectivity index (χ1v) is 7.52. The molecule has 5 rings (SSSR count). The first kappa shape index (κ1) is 11.1. The predicted octanol–water partition coefficient (Wildman–Crippen LogP) is 3.66. The summed E-state index contributed by atoms with van der Waals surface area (Å²) in [5.41, 5.74) is 7.86. The molecular weight excluding hydrogens is 222 g/mol. The summed E-state index contributed by atoms with van der Waals surface area (Å²) in [5, 5.41) is 0. The molecule has 1 heterocycles. The monoisotopic (exact) mass is 245 g/mol. The van der Waals surface area contributed by atoms with Crippen LogP contribution in [0, 0.1) is 36.5 Å². The molecule has 0 amide bonds. The molecule has 4 saturated carbocycles. The summed E-state index contributed by atoms with van der Waals surface area (Å²) in [7, 11) is 0. The van der Waals surface area contributed by atoms with Crippen molar-refractivity contribution in [3.63, 3.8) is 0 Å². The van der Waals surface area contributed by atoms with E-state index >= 15 is 0 Å². The van der Waals surface area contributed by atoms with Crippen LogP contribution in [0.25, 0.3) is 0 Å². The molecule has 98 valence electrons. The van der Waals surface area contributed by atoms with Crippen LogP contribution in [0.2, 0.25) is 0 Å². The first-order valence-electron chi connectivity index (χ1n) is 7.52. The molecule has 0 aromatic carbocycles. The average molecular weight is 245 g/mol. The molecule has 4 bridgehead atoms. The van der Waals surface area contributed by atoms with Gasteiger partial charge in [0.15, 0.2) is 0 Å². The van der Waals surface area contributed by atoms with E-state index in [1.54, 1.807) is 6.26 Å². The number of nitrogens with two attached hydrogens (primary N) is 1. The summed E-state index contributed by atoms with van der Waals surface area (Å²) in [6.45, 7) is 2.05. The highest BCUT2D eigenvalue weighted by Gasteiger charge is 2.50. The van der Waals surface area contributed by atoms with Crippen LogP contribution in [-0.2, 0) is 0 Å². The number of rotatable bonds is 2. The Morgan fingerprint density at radius 1 is 1.11 bits per heavy atom. The maximum atomic E-state index is 6.61. The van der Waals surface area contributed by atoms with Crippen molar-refractivity contribution in [3.05, 3.63) is 23.7 Å². The fourth-order valence-electron chi connectivity index (χ4n) is 5.50. The second kappa shape index (κ2) is 3.86. The second-order valence-electron chi connectivity index (χ2n) is 6.97. The van der Waals surface area contributed by atoms with Gasteiger partial charge < -0.3 is 10.2 Å². The Labute approximate surface area is 109 Å². The van der Waals surface area contributed by atoms with Gasteiger partial charge in [-0.05, 0) is 74.7 Å². The van der Waals surface area contributed by atoms with Gasteiger partial charge in [0.05, 0.1) is 6.26 Å². The van der Waals surface area contributed by atoms with Crippen LogP contribution >= 0.6 is 0 Å². The highest BCUT2D eigenvalue weighted by atomic mass is 16.3. The molecule has 0 saturated heterocycles. The summed E-state index contributed by atoms with van der Waals surface area (Å²) in [5.74, 6) is 5.59. The van der Waals surface area contributed by atoms with Gasteiger partial charge >= 0.3 is 0 Å². The van der Waals surface area contributed by atoms with Gasteiger partial charge in [0.25, 0.3) is 0 Å². The van der Waals surface area contributed by atoms with E-state index in [1.807, 2.05) is 6.92 Å². The Kier molecular flexibility index (Phi) is 2.38. The maximum absolute atomic E-state index is 6.61. The molecule has 0 spiro atoms. The molecular formula is C16H23NO. The molecule has 1 unspecified atom stereocenters. The van der Waals surface area contributed by atoms with Gasteiger partial charge in [0.1, 0.15) is 5.76 Å². The topological polar surface area (TPSA) is 39.2 Å². The number of aryl methyl sites for hydroxylation is 1. The SMILES string of the molecule is Cc1occc1C(N)C1C2CC3CC(C2)CC1C3. The quantitative estimate of drug-likeness (QED) is 0.863. The van der Waals surface area contributed by atoms with Gasteiger partial charge in [-0.1, -0.05) is 0 Å². The molecule has 1 aromatic rings. The molecule has 18 heavy (non-hydrogen) atoms. The third-order valence-electron chi connectivity index (χ3n) is 5.97. The second-order valence-corrected chi connectivity index (χ2v) is 6.97. The van der Waals surface area contributed by atoms with Gasteiger partial charge in [0.2, 0.25) is 0 Å². The Bertz CT molecular complexity index is 422. The Balaban J connectivity index is 1.63. The van der Waals surface area contributed by atoms with Crippen molar-refractivity contribution in [1.82, 2.24) is 0 Å². The molecule has 4 fully saturated rings. The summed E-state index contributed by atoms with van der Waals surface area (Å²) in [4.78, 5) is 0. The molecule has 2 N–H and O–H groups in total. The lowest BCUT2D eigenvalue weighted by Crippen LogP contribution is -2.48. The van der Waals surface area contributed by atoms with E-state index in [1.165, 1.54) is 37.7 Å². The minimum absolute atomic E-state index is 0.207. The van der Waals surface area contributed by atoms with E-state index < -0.39 is 0 Å². The van der Waals surface area contributed by atoms with Crippen molar-refractivity contribution in [2.24, 2.45) is 35.3 Å². The number of hydrogen-bond acceptors (Lipinski definition) is 2. The van der Waals surface area contributed by atoms with Crippen LogP contribution in [0.15, 0.2) is 16.7 Å². The van der Waals surface area contributed by atoms with Crippen LogP contribution in [-0.4, -0.2) is 0 Å². The third kappa shape index (κ3) is 1.51. The Morgan fingerprint density at radius 3 is 2.22 bits per heavy atom. The Morgan fingerprint density at radius 2 is 1.72 bits per heavy atom. The van der Waals surface area contributed by atoms with Gasteiger partial charge in [-0.25, -0.2) is 0 Å². The van der Waals surface area contributed by atoms with Crippen molar-refractivity contribution in [1.29, 1.82) is 0 Å². The normalized spacial score (nSPS) is 43.3.